The first-order valence-electron chi connectivity index (χ1n) is 13.0. The van der Waals surface area contributed by atoms with Crippen molar-refractivity contribution in [1.29, 1.82) is 5.26 Å². The van der Waals surface area contributed by atoms with Crippen LogP contribution in [0.2, 0.25) is 0 Å². The molecule has 0 bridgehead atoms. The number of rotatable bonds is 8. The van der Waals surface area contributed by atoms with E-state index >= 15 is 0 Å². The molecule has 0 saturated carbocycles. The topological polar surface area (TPSA) is 124 Å². The lowest BCUT2D eigenvalue weighted by Gasteiger charge is -2.26. The number of carbonyl (C=O) groups excluding carboxylic acids is 1. The van der Waals surface area contributed by atoms with Gasteiger partial charge in [-0.3, -0.25) is 4.79 Å². The average Bonchev–Trinajstić information content (AvgIpc) is 3.29. The molecule has 3 aromatic carbocycles. The first kappa shape index (κ1) is 27.8. The highest BCUT2D eigenvalue weighted by molar-refractivity contribution is 9.10. The molecule has 9 nitrogen and oxygen atoms in total. The van der Waals surface area contributed by atoms with E-state index in [-0.39, 0.29) is 24.0 Å². The molecule has 2 heterocycles. The molecule has 1 amide bonds. The molecule has 0 spiro atoms. The standard InChI is InChI=1S/C31H28BrN5O4/c1-4-39-25-15-20(14-24(32)29(25)40-17-26(38)35-21-12-10-18(2)11-13-21)28-23(16-33)30(34)41-31-27(28)19(3)36-37(31)22-8-6-5-7-9-22/h5-15,28H,4,17,34H2,1-3H3,(H,35,38)/t28-/m1/s1. The van der Waals surface area contributed by atoms with E-state index in [1.807, 2.05) is 81.4 Å². The highest BCUT2D eigenvalue weighted by Gasteiger charge is 2.37. The highest BCUT2D eigenvalue weighted by Crippen LogP contribution is 2.48. The number of hydrogen-bond donors (Lipinski definition) is 2. The van der Waals surface area contributed by atoms with Gasteiger partial charge < -0.3 is 25.3 Å². The second kappa shape index (κ2) is 11.8. The number of carbonyl (C=O) groups is 1. The normalized spacial score (nSPS) is 14.1. The molecule has 0 aliphatic carbocycles. The summed E-state index contributed by atoms with van der Waals surface area (Å²) in [5.41, 5.74) is 11.3. The lowest BCUT2D eigenvalue weighted by Crippen LogP contribution is -2.22. The molecule has 208 valence electrons. The predicted octanol–water partition coefficient (Wildman–Crippen LogP) is 5.89. The number of amides is 1. The van der Waals surface area contributed by atoms with E-state index in [4.69, 9.17) is 25.0 Å². The van der Waals surface area contributed by atoms with Gasteiger partial charge in [-0.05, 0) is 78.7 Å². The predicted molar refractivity (Wildman–Crippen MR) is 158 cm³/mol. The smallest absolute Gasteiger partial charge is 0.262 e. The highest BCUT2D eigenvalue weighted by atomic mass is 79.9. The van der Waals surface area contributed by atoms with Gasteiger partial charge in [0.1, 0.15) is 11.6 Å². The number of para-hydroxylation sites is 1. The van der Waals surface area contributed by atoms with E-state index in [0.29, 0.717) is 39.8 Å². The van der Waals surface area contributed by atoms with Crippen LogP contribution in [0.15, 0.2) is 82.7 Å². The second-order valence-electron chi connectivity index (χ2n) is 9.44. The molecule has 4 aromatic rings. The number of ether oxygens (including phenoxy) is 3. The summed E-state index contributed by atoms with van der Waals surface area (Å²) in [6, 6.07) is 22.9. The van der Waals surface area contributed by atoms with E-state index in [0.717, 1.165) is 22.4 Å². The third-order valence-corrected chi connectivity index (χ3v) is 7.17. The van der Waals surface area contributed by atoms with Crippen molar-refractivity contribution in [3.63, 3.8) is 0 Å². The fourth-order valence-corrected chi connectivity index (χ4v) is 5.30. The molecule has 10 heteroatoms. The molecule has 41 heavy (non-hydrogen) atoms. The van der Waals surface area contributed by atoms with Crippen LogP contribution in [0.1, 0.15) is 35.2 Å². The first-order chi connectivity index (χ1) is 19.8. The zero-order chi connectivity index (χ0) is 29.1. The second-order valence-corrected chi connectivity index (χ2v) is 10.3. The number of allylic oxidation sites excluding steroid dienone is 1. The molecule has 1 atom stereocenters. The summed E-state index contributed by atoms with van der Waals surface area (Å²) in [4.78, 5) is 12.6. The van der Waals surface area contributed by atoms with Gasteiger partial charge in [-0.15, -0.1) is 0 Å². The van der Waals surface area contributed by atoms with Crippen molar-refractivity contribution in [2.75, 3.05) is 18.5 Å². The maximum Gasteiger partial charge on any atom is 0.262 e. The fourth-order valence-electron chi connectivity index (χ4n) is 4.72. The minimum atomic E-state index is -0.574. The van der Waals surface area contributed by atoms with Crippen LogP contribution in [-0.2, 0) is 4.79 Å². The number of aromatic nitrogens is 2. The van der Waals surface area contributed by atoms with Crippen molar-refractivity contribution >= 4 is 27.5 Å². The van der Waals surface area contributed by atoms with Crippen molar-refractivity contribution < 1.29 is 19.0 Å². The van der Waals surface area contributed by atoms with Gasteiger partial charge in [0.05, 0.1) is 33.9 Å². The van der Waals surface area contributed by atoms with Crippen LogP contribution in [0, 0.1) is 25.2 Å². The Morgan fingerprint density at radius 3 is 2.56 bits per heavy atom. The summed E-state index contributed by atoms with van der Waals surface area (Å²) in [6.45, 7) is 5.83. The van der Waals surface area contributed by atoms with Gasteiger partial charge in [-0.1, -0.05) is 35.9 Å². The Morgan fingerprint density at radius 2 is 1.88 bits per heavy atom. The van der Waals surface area contributed by atoms with Crippen LogP contribution in [0.25, 0.3) is 5.69 Å². The Hall–Kier alpha value is -4.75. The van der Waals surface area contributed by atoms with Gasteiger partial charge >= 0.3 is 0 Å². The van der Waals surface area contributed by atoms with Crippen LogP contribution in [0.4, 0.5) is 5.69 Å². The quantitative estimate of drug-likeness (QED) is 0.254. The summed E-state index contributed by atoms with van der Waals surface area (Å²) >= 11 is 3.60. The number of benzene rings is 3. The van der Waals surface area contributed by atoms with Gasteiger partial charge in [0.15, 0.2) is 18.1 Å². The van der Waals surface area contributed by atoms with Crippen molar-refractivity contribution in [3.8, 4) is 29.1 Å². The van der Waals surface area contributed by atoms with Crippen molar-refractivity contribution in [2.45, 2.75) is 26.7 Å². The minimum absolute atomic E-state index is 0.00395. The van der Waals surface area contributed by atoms with E-state index in [1.54, 1.807) is 10.7 Å². The zero-order valence-electron chi connectivity index (χ0n) is 22.8. The molecule has 1 aliphatic heterocycles. The summed E-state index contributed by atoms with van der Waals surface area (Å²) in [6.07, 6.45) is 0. The number of nitrogens with zero attached hydrogens (tertiary/aromatic N) is 3. The lowest BCUT2D eigenvalue weighted by atomic mass is 9.84. The summed E-state index contributed by atoms with van der Waals surface area (Å²) in [7, 11) is 0. The fraction of sp³-hybridized carbons (Fsp3) is 0.194. The Morgan fingerprint density at radius 1 is 1.15 bits per heavy atom. The van der Waals surface area contributed by atoms with E-state index in [9.17, 15) is 10.1 Å². The number of halogens is 1. The molecular weight excluding hydrogens is 586 g/mol. The molecule has 3 N–H and O–H groups in total. The number of anilines is 1. The largest absolute Gasteiger partial charge is 0.490 e. The monoisotopic (exact) mass is 613 g/mol. The van der Waals surface area contributed by atoms with Crippen molar-refractivity contribution in [2.24, 2.45) is 5.73 Å². The van der Waals surface area contributed by atoms with Gasteiger partial charge in [0, 0.05) is 5.69 Å². The van der Waals surface area contributed by atoms with Crippen LogP contribution in [-0.4, -0.2) is 28.9 Å². The van der Waals surface area contributed by atoms with Gasteiger partial charge in [0.2, 0.25) is 11.8 Å². The summed E-state index contributed by atoms with van der Waals surface area (Å²) in [5.74, 6) is 0.344. The van der Waals surface area contributed by atoms with Crippen molar-refractivity contribution in [1.82, 2.24) is 9.78 Å². The van der Waals surface area contributed by atoms with Crippen LogP contribution >= 0.6 is 15.9 Å². The average molecular weight is 615 g/mol. The van der Waals surface area contributed by atoms with E-state index < -0.39 is 5.92 Å². The minimum Gasteiger partial charge on any atom is -0.490 e. The Bertz CT molecular complexity index is 1670. The van der Waals surface area contributed by atoms with Gasteiger partial charge in [0.25, 0.3) is 5.91 Å². The number of aryl methyl sites for hydroxylation is 2. The molecule has 1 aliphatic rings. The molecular formula is C31H28BrN5O4. The molecule has 0 unspecified atom stereocenters. The SMILES string of the molecule is CCOc1cc([C@@H]2C(C#N)=C(N)Oc3c2c(C)nn3-c2ccccc2)cc(Br)c1OCC(=O)Nc1ccc(C)cc1. The third-order valence-electron chi connectivity index (χ3n) is 6.58. The van der Waals surface area contributed by atoms with Gasteiger partial charge in [-0.25, -0.2) is 4.68 Å². The number of nitriles is 1. The Balaban J connectivity index is 1.50. The Labute approximate surface area is 246 Å². The Kier molecular flexibility index (Phi) is 7.99. The molecule has 0 saturated heterocycles. The van der Waals surface area contributed by atoms with E-state index in [1.165, 1.54) is 0 Å². The van der Waals surface area contributed by atoms with Crippen molar-refractivity contribution in [3.05, 3.63) is 105 Å². The zero-order valence-corrected chi connectivity index (χ0v) is 24.4. The van der Waals surface area contributed by atoms with E-state index in [2.05, 4.69) is 27.3 Å². The van der Waals surface area contributed by atoms with Gasteiger partial charge in [-0.2, -0.15) is 10.4 Å². The molecule has 1 aromatic heterocycles. The summed E-state index contributed by atoms with van der Waals surface area (Å²) in [5, 5.41) is 17.6. The maximum absolute atomic E-state index is 12.6. The maximum atomic E-state index is 12.6. The number of fused-ring (bicyclic) bond motifs is 1. The molecule has 5 rings (SSSR count). The van der Waals surface area contributed by atoms with Crippen LogP contribution in [0.5, 0.6) is 17.4 Å². The number of nitrogens with two attached hydrogens (primary N) is 1. The molecule has 0 fully saturated rings. The van der Waals surface area contributed by atoms with Crippen LogP contribution < -0.4 is 25.3 Å². The number of hydrogen-bond acceptors (Lipinski definition) is 7. The lowest BCUT2D eigenvalue weighted by molar-refractivity contribution is -0.118. The third kappa shape index (κ3) is 5.62. The van der Waals surface area contributed by atoms with Crippen LogP contribution in [0.3, 0.4) is 0 Å². The first-order valence-corrected chi connectivity index (χ1v) is 13.8. The molecule has 0 radical (unpaired) electrons. The number of nitrogens with one attached hydrogen (secondary N) is 1. The summed E-state index contributed by atoms with van der Waals surface area (Å²) < 4.78 is 20.1.